The highest BCUT2D eigenvalue weighted by Crippen LogP contribution is 2.30. The topological polar surface area (TPSA) is 155 Å². The molecule has 1 aromatic carbocycles. The smallest absolute Gasteiger partial charge is 0.323 e. The van der Waals surface area contributed by atoms with Gasteiger partial charge in [0.15, 0.2) is 5.65 Å². The lowest BCUT2D eigenvalue weighted by Crippen LogP contribution is -2.49. The number of aromatic nitrogens is 8. The number of benzene rings is 1. The second kappa shape index (κ2) is 13.3. The van der Waals surface area contributed by atoms with Crippen molar-refractivity contribution in [1.29, 1.82) is 5.26 Å². The highest BCUT2D eigenvalue weighted by Gasteiger charge is 2.31. The van der Waals surface area contributed by atoms with Gasteiger partial charge >= 0.3 is 6.03 Å². The van der Waals surface area contributed by atoms with Gasteiger partial charge in [0.1, 0.15) is 17.4 Å². The van der Waals surface area contributed by atoms with Crippen LogP contribution in [0.2, 0.25) is 0 Å². The first kappa shape index (κ1) is 30.5. The van der Waals surface area contributed by atoms with Crippen molar-refractivity contribution in [3.05, 3.63) is 97.0 Å². The number of carbonyl (C=O) groups excluding carboxylic acids is 1. The van der Waals surface area contributed by atoms with Crippen molar-refractivity contribution in [1.82, 2.24) is 44.6 Å². The fourth-order valence-corrected chi connectivity index (χ4v) is 6.15. The molecule has 1 saturated carbocycles. The Bertz CT molecular complexity index is 2090. The van der Waals surface area contributed by atoms with Crippen molar-refractivity contribution < 1.29 is 4.79 Å². The van der Waals surface area contributed by atoms with Gasteiger partial charge in [-0.2, -0.15) is 10.4 Å². The van der Waals surface area contributed by atoms with E-state index in [1.54, 1.807) is 40.7 Å². The third-order valence-corrected chi connectivity index (χ3v) is 8.67. The molecule has 0 saturated heterocycles. The van der Waals surface area contributed by atoms with E-state index < -0.39 is 0 Å². The molecule has 2 N–H and O–H groups in total. The number of aryl methyl sites for hydroxylation is 2. The van der Waals surface area contributed by atoms with E-state index >= 15 is 0 Å². The lowest BCUT2D eigenvalue weighted by molar-refractivity contribution is 0.240. The molecule has 0 unspecified atom stereocenters. The Balaban J connectivity index is 1.07. The summed E-state index contributed by atoms with van der Waals surface area (Å²) in [7, 11) is 3.76. The number of hydrogen-bond donors (Lipinski definition) is 2. The minimum absolute atomic E-state index is 0.0517. The van der Waals surface area contributed by atoms with Crippen LogP contribution in [0.5, 0.6) is 0 Å². The molecule has 5 heterocycles. The molecule has 0 spiro atoms. The van der Waals surface area contributed by atoms with E-state index in [1.165, 1.54) is 0 Å². The number of carbonyl (C=O) groups is 1. The first-order chi connectivity index (χ1) is 23.4. The van der Waals surface area contributed by atoms with Crippen molar-refractivity contribution in [2.75, 3.05) is 10.2 Å². The van der Waals surface area contributed by atoms with Crippen molar-refractivity contribution in [2.24, 2.45) is 14.1 Å². The molecule has 240 valence electrons. The Morgan fingerprint density at radius 1 is 0.938 bits per heavy atom. The van der Waals surface area contributed by atoms with Gasteiger partial charge in [-0.15, -0.1) is 0 Å². The molecule has 7 rings (SSSR count). The molecule has 6 aromatic rings. The van der Waals surface area contributed by atoms with Crippen LogP contribution in [0.1, 0.15) is 36.8 Å². The van der Waals surface area contributed by atoms with E-state index in [1.807, 2.05) is 73.4 Å². The molecule has 2 amide bonds. The Morgan fingerprint density at radius 3 is 2.48 bits per heavy atom. The highest BCUT2D eigenvalue weighted by molar-refractivity contribution is 5.91. The Labute approximate surface area is 277 Å². The minimum Gasteiger partial charge on any atom is -0.351 e. The van der Waals surface area contributed by atoms with Crippen LogP contribution in [-0.2, 0) is 20.6 Å². The van der Waals surface area contributed by atoms with E-state index in [4.69, 9.17) is 9.97 Å². The summed E-state index contributed by atoms with van der Waals surface area (Å²) >= 11 is 0. The van der Waals surface area contributed by atoms with Crippen molar-refractivity contribution in [3.63, 3.8) is 0 Å². The van der Waals surface area contributed by atoms with E-state index in [2.05, 4.69) is 36.8 Å². The third kappa shape index (κ3) is 6.41. The van der Waals surface area contributed by atoms with Crippen molar-refractivity contribution in [3.8, 4) is 28.5 Å². The molecule has 13 nitrogen and oxygen atoms in total. The van der Waals surface area contributed by atoms with Crippen LogP contribution in [0.4, 0.5) is 16.6 Å². The van der Waals surface area contributed by atoms with Crippen LogP contribution in [-0.4, -0.2) is 57.4 Å². The Hall–Kier alpha value is -6.16. The molecule has 0 atom stereocenters. The highest BCUT2D eigenvalue weighted by atomic mass is 16.2. The van der Waals surface area contributed by atoms with Crippen LogP contribution in [0.25, 0.3) is 33.5 Å². The van der Waals surface area contributed by atoms with Crippen LogP contribution >= 0.6 is 0 Å². The Morgan fingerprint density at radius 2 is 1.75 bits per heavy atom. The predicted molar refractivity (Wildman–Crippen MR) is 182 cm³/mol. The minimum atomic E-state index is -0.185. The quantitative estimate of drug-likeness (QED) is 0.228. The van der Waals surface area contributed by atoms with E-state index in [0.29, 0.717) is 35.1 Å². The SMILES string of the molecule is Cn1cc(-c2ccc(N(C(=O)NCc3ccccc3)[C@H]3CC[C@H](Nc4ncc(C#N)c(-c5cnc6c(c5)ncn6C)n4)CC3)nc2)cn1. The van der Waals surface area contributed by atoms with Gasteiger partial charge in [-0.25, -0.2) is 29.7 Å². The number of anilines is 2. The average molecular weight is 639 g/mol. The molecule has 1 fully saturated rings. The van der Waals surface area contributed by atoms with Gasteiger partial charge in [-0.3, -0.25) is 9.58 Å². The second-order valence-corrected chi connectivity index (χ2v) is 12.0. The number of amides is 2. The first-order valence-corrected chi connectivity index (χ1v) is 15.8. The van der Waals surface area contributed by atoms with Gasteiger partial charge in [0.2, 0.25) is 5.95 Å². The summed E-state index contributed by atoms with van der Waals surface area (Å²) in [6.07, 6.45) is 13.6. The van der Waals surface area contributed by atoms with E-state index in [9.17, 15) is 10.1 Å². The van der Waals surface area contributed by atoms with E-state index in [0.717, 1.165) is 53.5 Å². The summed E-state index contributed by atoms with van der Waals surface area (Å²) in [5, 5.41) is 20.6. The number of rotatable bonds is 8. The van der Waals surface area contributed by atoms with Gasteiger partial charge in [-0.05, 0) is 49.4 Å². The molecule has 0 radical (unpaired) electrons. The number of nitrogens with zero attached hydrogens (tertiary/aromatic N) is 10. The average Bonchev–Trinajstić information content (AvgIpc) is 3.73. The van der Waals surface area contributed by atoms with Crippen LogP contribution < -0.4 is 15.5 Å². The zero-order chi connectivity index (χ0) is 33.0. The number of nitriles is 1. The monoisotopic (exact) mass is 638 g/mol. The van der Waals surface area contributed by atoms with Gasteiger partial charge in [-0.1, -0.05) is 30.3 Å². The molecule has 1 aliphatic carbocycles. The number of nitrogens with one attached hydrogen (secondary N) is 2. The lowest BCUT2D eigenvalue weighted by Gasteiger charge is -2.36. The lowest BCUT2D eigenvalue weighted by atomic mass is 9.90. The van der Waals surface area contributed by atoms with Gasteiger partial charge in [0.05, 0.1) is 30.0 Å². The summed E-state index contributed by atoms with van der Waals surface area (Å²) in [6, 6.07) is 17.7. The second-order valence-electron chi connectivity index (χ2n) is 12.0. The maximum absolute atomic E-state index is 13.8. The summed E-state index contributed by atoms with van der Waals surface area (Å²) in [5.41, 5.74) is 5.97. The summed E-state index contributed by atoms with van der Waals surface area (Å²) in [6.45, 7) is 0.419. The Kier molecular flexibility index (Phi) is 8.44. The van der Waals surface area contributed by atoms with E-state index in [-0.39, 0.29) is 18.1 Å². The van der Waals surface area contributed by atoms with Gasteiger partial charge in [0, 0.05) is 68.0 Å². The number of pyridine rings is 2. The molecule has 0 aliphatic heterocycles. The molecule has 0 bridgehead atoms. The summed E-state index contributed by atoms with van der Waals surface area (Å²) in [5.74, 6) is 1.04. The maximum Gasteiger partial charge on any atom is 0.323 e. The molecule has 48 heavy (non-hydrogen) atoms. The molecular formula is C35H34N12O. The van der Waals surface area contributed by atoms with Gasteiger partial charge in [0.25, 0.3) is 0 Å². The zero-order valence-electron chi connectivity index (χ0n) is 26.7. The number of fused-ring (bicyclic) bond motifs is 1. The molecular weight excluding hydrogens is 604 g/mol. The third-order valence-electron chi connectivity index (χ3n) is 8.67. The number of urea groups is 1. The predicted octanol–water partition coefficient (Wildman–Crippen LogP) is 5.23. The number of imidazole rings is 1. The number of hydrogen-bond acceptors (Lipinski definition) is 9. The fourth-order valence-electron chi connectivity index (χ4n) is 6.15. The van der Waals surface area contributed by atoms with Crippen LogP contribution in [0.15, 0.2) is 85.8 Å². The fraction of sp³-hybridized carbons (Fsp3) is 0.257. The normalized spacial score (nSPS) is 15.9. The van der Waals surface area contributed by atoms with Crippen LogP contribution in [0, 0.1) is 11.3 Å². The first-order valence-electron chi connectivity index (χ1n) is 15.8. The summed E-state index contributed by atoms with van der Waals surface area (Å²) in [4.78, 5) is 38.4. The molecule has 5 aromatic heterocycles. The standard InChI is InChI=1S/C35H34N12O/c1-45-22-41-30-14-25(18-38-33(30)45)32-26(15-36)19-39-34(44-32)43-28-9-11-29(12-10-28)47(35(48)40-16-23-6-4-3-5-7-23)31-13-8-24(17-37-31)27-20-42-46(2)21-27/h3-8,13-14,17-22,28-29H,9-12,16H2,1-2H3,(H,40,48)(H,39,43,44)/t28-,29-. The van der Waals surface area contributed by atoms with Crippen LogP contribution in [0.3, 0.4) is 0 Å². The van der Waals surface area contributed by atoms with Gasteiger partial charge < -0.3 is 15.2 Å². The molecule has 1 aliphatic rings. The largest absolute Gasteiger partial charge is 0.351 e. The maximum atomic E-state index is 13.8. The van der Waals surface area contributed by atoms with Crippen molar-refractivity contribution in [2.45, 2.75) is 44.3 Å². The van der Waals surface area contributed by atoms with Crippen molar-refractivity contribution >= 4 is 29.0 Å². The molecule has 13 heteroatoms. The summed E-state index contributed by atoms with van der Waals surface area (Å²) < 4.78 is 3.59. The zero-order valence-corrected chi connectivity index (χ0v) is 26.7.